The van der Waals surface area contributed by atoms with Crippen LogP contribution in [0, 0.1) is 29.3 Å². The molecule has 2 aromatic rings. The van der Waals surface area contributed by atoms with Gasteiger partial charge in [0.05, 0.1) is 29.7 Å². The Morgan fingerprint density at radius 3 is 2.37 bits per heavy atom. The predicted molar refractivity (Wildman–Crippen MR) is 148 cm³/mol. The van der Waals surface area contributed by atoms with Crippen LogP contribution >= 0.6 is 11.8 Å². The Morgan fingerprint density at radius 1 is 1.09 bits per heavy atom. The van der Waals surface area contributed by atoms with E-state index in [2.05, 4.69) is 5.32 Å². The molecule has 4 N–H and O–H groups in total. The molecule has 0 aliphatic carbocycles. The number of nitrogens with one attached hydrogen (secondary N) is 1. The molecule has 2 aromatic carbocycles. The number of aromatic carboxylic acids is 1. The van der Waals surface area contributed by atoms with Crippen LogP contribution in [0.5, 0.6) is 0 Å². The fourth-order valence-corrected chi connectivity index (χ4v) is 7.70. The minimum Gasteiger partial charge on any atom is -0.478 e. The Morgan fingerprint density at radius 2 is 1.77 bits per heavy atom. The highest BCUT2D eigenvalue weighted by Crippen LogP contribution is 2.52. The number of thioether (sulfide) groups is 1. The predicted octanol–water partition coefficient (Wildman–Crippen LogP) is 3.27. The van der Waals surface area contributed by atoms with E-state index in [-0.39, 0.29) is 42.0 Å². The Kier molecular flexibility index (Phi) is 8.29. The molecule has 228 valence electrons. The van der Waals surface area contributed by atoms with Crippen LogP contribution in [-0.2, 0) is 20.9 Å². The Bertz CT molecular complexity index is 1530. The van der Waals surface area contributed by atoms with Crippen LogP contribution in [0.4, 0.5) is 18.9 Å². The lowest BCUT2D eigenvalue weighted by molar-refractivity contribution is -0.163. The summed E-state index contributed by atoms with van der Waals surface area (Å²) < 4.78 is 41.6. The zero-order chi connectivity index (χ0) is 31.3. The lowest BCUT2D eigenvalue weighted by Gasteiger charge is -2.46. The van der Waals surface area contributed by atoms with E-state index in [4.69, 9.17) is 0 Å². The van der Waals surface area contributed by atoms with Crippen molar-refractivity contribution in [1.29, 1.82) is 0 Å². The number of halogens is 3. The van der Waals surface area contributed by atoms with Crippen molar-refractivity contribution < 1.29 is 47.7 Å². The van der Waals surface area contributed by atoms with Gasteiger partial charge in [-0.05, 0) is 49.2 Å². The van der Waals surface area contributed by atoms with Crippen LogP contribution in [0.25, 0.3) is 0 Å². The number of β-lactam (4-membered cyclic amide) rings is 1. The van der Waals surface area contributed by atoms with Gasteiger partial charge in [-0.15, -0.1) is 11.8 Å². The molecule has 0 radical (unpaired) electrons. The van der Waals surface area contributed by atoms with Crippen LogP contribution < -0.4 is 5.32 Å². The number of aliphatic hydroxyl groups is 1. The zero-order valence-electron chi connectivity index (χ0n) is 23.0. The van der Waals surface area contributed by atoms with Gasteiger partial charge < -0.3 is 25.5 Å². The summed E-state index contributed by atoms with van der Waals surface area (Å²) in [6.07, 6.45) is -0.801. The molecule has 2 saturated heterocycles. The summed E-state index contributed by atoms with van der Waals surface area (Å²) in [6, 6.07) is 5.85. The first kappa shape index (κ1) is 30.6. The molecule has 0 aromatic heterocycles. The van der Waals surface area contributed by atoms with E-state index in [0.717, 1.165) is 12.1 Å². The van der Waals surface area contributed by atoms with Crippen LogP contribution in [0.15, 0.2) is 47.0 Å². The first-order valence-corrected chi connectivity index (χ1v) is 14.3. The van der Waals surface area contributed by atoms with Crippen LogP contribution in [-0.4, -0.2) is 78.9 Å². The number of hydrogen-bond donors (Lipinski definition) is 4. The number of likely N-dealkylation sites (tertiary alicyclic amines) is 1. The van der Waals surface area contributed by atoms with Crippen molar-refractivity contribution in [3.63, 3.8) is 0 Å². The molecule has 0 spiro atoms. The minimum atomic E-state index is -1.62. The van der Waals surface area contributed by atoms with Crippen molar-refractivity contribution in [3.8, 4) is 0 Å². The molecule has 10 nitrogen and oxygen atoms in total. The highest BCUT2D eigenvalue weighted by atomic mass is 32.2. The number of amides is 2. The smallest absolute Gasteiger partial charge is 0.353 e. The van der Waals surface area contributed by atoms with Crippen LogP contribution in [0.3, 0.4) is 0 Å². The Balaban J connectivity index is 1.42. The molecule has 2 fully saturated rings. The number of aliphatic hydroxyl groups excluding tert-OH is 1. The number of carbonyl (C=O) groups excluding carboxylic acids is 2. The first-order chi connectivity index (χ1) is 20.3. The summed E-state index contributed by atoms with van der Waals surface area (Å²) in [7, 11) is 0. The molecule has 3 aliphatic heterocycles. The Labute approximate surface area is 248 Å². The maximum Gasteiger partial charge on any atom is 0.353 e. The molecule has 3 heterocycles. The number of rotatable bonds is 9. The van der Waals surface area contributed by atoms with Gasteiger partial charge >= 0.3 is 11.9 Å². The molecular weight excluding hydrogens is 591 g/mol. The number of nitrogens with zero attached hydrogens (tertiary/aromatic N) is 2. The second-order valence-corrected chi connectivity index (χ2v) is 12.3. The van der Waals surface area contributed by atoms with Gasteiger partial charge in [-0.25, -0.2) is 22.8 Å². The van der Waals surface area contributed by atoms with Gasteiger partial charge in [0, 0.05) is 34.8 Å². The maximum atomic E-state index is 14.0. The van der Waals surface area contributed by atoms with Gasteiger partial charge in [0.1, 0.15) is 5.70 Å². The van der Waals surface area contributed by atoms with Crippen molar-refractivity contribution in [3.05, 3.63) is 75.6 Å². The monoisotopic (exact) mass is 619 g/mol. The van der Waals surface area contributed by atoms with Gasteiger partial charge in [-0.3, -0.25) is 14.5 Å². The fraction of sp³-hybridized carbons (Fsp3) is 0.379. The highest BCUT2D eigenvalue weighted by Gasteiger charge is 2.60. The average Bonchev–Trinajstić information content (AvgIpc) is 3.43. The van der Waals surface area contributed by atoms with E-state index >= 15 is 0 Å². The SMILES string of the molecule is C[C@@H](O)[C@H]1C(=O)N2C(C(=O)O)=C(S[C@H]3C[C@@H](C(=O)Nc4cccc(C(=O)O)c4)N(Cc4cc(F)c(F)c(F)c4)C3)[C@H](C)[C@H]12. The number of fused-ring (bicyclic) bond motifs is 1. The van der Waals surface area contributed by atoms with Gasteiger partial charge in [-0.1, -0.05) is 13.0 Å². The van der Waals surface area contributed by atoms with Gasteiger partial charge in [0.25, 0.3) is 0 Å². The minimum absolute atomic E-state index is 0.0511. The molecule has 6 atom stereocenters. The first-order valence-electron chi connectivity index (χ1n) is 13.4. The van der Waals surface area contributed by atoms with E-state index in [1.165, 1.54) is 47.9 Å². The Hall–Kier alpha value is -3.88. The molecule has 14 heteroatoms. The molecule has 43 heavy (non-hydrogen) atoms. The summed E-state index contributed by atoms with van der Waals surface area (Å²) in [5.74, 6) is -9.04. The van der Waals surface area contributed by atoms with Gasteiger partial charge in [0.2, 0.25) is 11.8 Å². The molecule has 5 rings (SSSR count). The molecule has 3 aliphatic rings. The second-order valence-electron chi connectivity index (χ2n) is 10.9. The van der Waals surface area contributed by atoms with E-state index in [0.29, 0.717) is 4.91 Å². The molecular formula is C29H28F3N3O7S. The summed E-state index contributed by atoms with van der Waals surface area (Å²) in [4.78, 5) is 53.1. The molecule has 0 bridgehead atoms. The summed E-state index contributed by atoms with van der Waals surface area (Å²) in [5, 5.41) is 31.7. The molecule has 0 unspecified atom stereocenters. The van der Waals surface area contributed by atoms with Crippen molar-refractivity contribution in [2.24, 2.45) is 11.8 Å². The number of carboxylic acids is 2. The highest BCUT2D eigenvalue weighted by molar-refractivity contribution is 8.03. The van der Waals surface area contributed by atoms with Crippen molar-refractivity contribution in [2.75, 3.05) is 11.9 Å². The lowest BCUT2D eigenvalue weighted by atomic mass is 9.79. The second kappa shape index (κ2) is 11.7. The summed E-state index contributed by atoms with van der Waals surface area (Å²) in [5.41, 5.74) is 0.0657. The maximum absolute atomic E-state index is 14.0. The quantitative estimate of drug-likeness (QED) is 0.245. The topological polar surface area (TPSA) is 147 Å². The average molecular weight is 620 g/mol. The molecule has 2 amide bonds. The van der Waals surface area contributed by atoms with E-state index in [9.17, 15) is 47.7 Å². The number of aliphatic carboxylic acids is 1. The lowest BCUT2D eigenvalue weighted by Crippen LogP contribution is -2.63. The van der Waals surface area contributed by atoms with Crippen molar-refractivity contribution >= 4 is 41.2 Å². The third kappa shape index (κ3) is 5.61. The van der Waals surface area contributed by atoms with Crippen LogP contribution in [0.2, 0.25) is 0 Å². The van der Waals surface area contributed by atoms with Gasteiger partial charge in [0.15, 0.2) is 17.5 Å². The van der Waals surface area contributed by atoms with Gasteiger partial charge in [-0.2, -0.15) is 0 Å². The summed E-state index contributed by atoms with van der Waals surface area (Å²) in [6.45, 7) is 3.27. The largest absolute Gasteiger partial charge is 0.478 e. The number of anilines is 1. The number of carboxylic acid groups (broad SMARTS) is 2. The zero-order valence-corrected chi connectivity index (χ0v) is 23.8. The standard InChI is InChI=1S/C29H28F3N3O7S/c1-12-23-21(13(2)36)27(38)35(23)24(29(41)42)25(12)43-17-9-20(26(37)33-16-5-3-4-15(8-16)28(39)40)34(11-17)10-14-6-18(30)22(32)19(31)7-14/h3-8,12-13,17,20-21,23,36H,9-11H2,1-2H3,(H,33,37)(H,39,40)(H,41,42)/t12-,13-,17+,20+,21-,23-/m1/s1. The summed E-state index contributed by atoms with van der Waals surface area (Å²) >= 11 is 1.20. The van der Waals surface area contributed by atoms with E-state index in [1.54, 1.807) is 11.8 Å². The number of hydrogen-bond acceptors (Lipinski definition) is 7. The third-order valence-corrected chi connectivity index (χ3v) is 9.57. The van der Waals surface area contributed by atoms with Crippen molar-refractivity contribution in [2.45, 2.75) is 50.3 Å². The van der Waals surface area contributed by atoms with E-state index in [1.807, 2.05) is 0 Å². The molecule has 0 saturated carbocycles. The van der Waals surface area contributed by atoms with Crippen molar-refractivity contribution in [1.82, 2.24) is 9.80 Å². The van der Waals surface area contributed by atoms with Crippen LogP contribution in [0.1, 0.15) is 36.2 Å². The normalized spacial score (nSPS) is 25.9. The number of carbonyl (C=O) groups is 4. The number of benzene rings is 2. The third-order valence-electron chi connectivity index (χ3n) is 8.08. The fourth-order valence-electron chi connectivity index (χ4n) is 6.14. The van der Waals surface area contributed by atoms with E-state index < -0.39 is 76.5 Å².